The van der Waals surface area contributed by atoms with Gasteiger partial charge in [0.15, 0.2) is 0 Å². The highest BCUT2D eigenvalue weighted by Gasteiger charge is 2.16. The maximum atomic E-state index is 13.3. The van der Waals surface area contributed by atoms with Gasteiger partial charge in [-0.15, -0.1) is 5.10 Å². The molecule has 0 fully saturated rings. The largest absolute Gasteiger partial charge is 0.459 e. The number of hydrogen-bond donors (Lipinski definition) is 0. The molecule has 0 saturated heterocycles. The molecule has 0 N–H and O–H groups in total. The van der Waals surface area contributed by atoms with Gasteiger partial charge < -0.3 is 9.15 Å². The summed E-state index contributed by atoms with van der Waals surface area (Å²) in [6.45, 7) is 1.92. The molecule has 1 aromatic carbocycles. The van der Waals surface area contributed by atoms with Gasteiger partial charge in [0.05, 0.1) is 11.1 Å². The lowest BCUT2D eigenvalue weighted by atomic mass is 10.2. The Bertz CT molecular complexity index is 620. The van der Waals surface area contributed by atoms with Crippen molar-refractivity contribution in [2.24, 2.45) is 0 Å². The first-order chi connectivity index (χ1) is 9.61. The maximum absolute atomic E-state index is 13.3. The average Bonchev–Trinajstić information content (AvgIpc) is 2.90. The van der Waals surface area contributed by atoms with Crippen LogP contribution in [0.3, 0.4) is 0 Å². The molecule has 0 aliphatic carbocycles. The van der Waals surface area contributed by atoms with Crippen molar-refractivity contribution in [2.75, 3.05) is 6.61 Å². The summed E-state index contributed by atoms with van der Waals surface area (Å²) in [6, 6.07) is 4.76. The van der Waals surface area contributed by atoms with Crippen LogP contribution in [0.25, 0.3) is 0 Å². The van der Waals surface area contributed by atoms with Gasteiger partial charge >= 0.3 is 11.9 Å². The summed E-state index contributed by atoms with van der Waals surface area (Å²) in [7, 11) is 0. The average molecular weight is 361 g/mol. The van der Waals surface area contributed by atoms with E-state index < -0.39 is 5.97 Å². The maximum Gasteiger partial charge on any atom is 0.396 e. The van der Waals surface area contributed by atoms with Crippen molar-refractivity contribution in [1.82, 2.24) is 10.2 Å². The molecule has 5 nitrogen and oxygen atoms in total. The second-order valence-electron chi connectivity index (χ2n) is 3.60. The number of hydrogen-bond acceptors (Lipinski definition) is 6. The Hall–Kier alpha value is -1.41. The van der Waals surface area contributed by atoms with Crippen LogP contribution in [0.1, 0.15) is 23.2 Å². The van der Waals surface area contributed by atoms with Crippen molar-refractivity contribution in [2.45, 2.75) is 17.9 Å². The van der Waals surface area contributed by atoms with E-state index >= 15 is 0 Å². The summed E-state index contributed by atoms with van der Waals surface area (Å²) >= 11 is 4.38. The van der Waals surface area contributed by atoms with Crippen LogP contribution < -0.4 is 0 Å². The number of benzene rings is 1. The predicted molar refractivity (Wildman–Crippen MR) is 73.9 cm³/mol. The van der Waals surface area contributed by atoms with Gasteiger partial charge in [0.1, 0.15) is 5.82 Å². The number of aromatic nitrogens is 2. The third-order valence-corrected chi connectivity index (χ3v) is 3.99. The molecule has 106 valence electrons. The summed E-state index contributed by atoms with van der Waals surface area (Å²) in [5.41, 5.74) is 0.755. The van der Waals surface area contributed by atoms with E-state index in [9.17, 15) is 9.18 Å². The number of nitrogens with zero attached hydrogens (tertiary/aromatic N) is 2. The van der Waals surface area contributed by atoms with E-state index in [2.05, 4.69) is 26.1 Å². The van der Waals surface area contributed by atoms with Gasteiger partial charge in [0.25, 0.3) is 5.22 Å². The standard InChI is InChI=1S/C12H10BrFN2O3S/c1-2-18-11(17)10-15-16-12(19-10)20-6-7-4-3-5-8(14)9(7)13/h3-5H,2,6H2,1H3. The number of rotatable bonds is 5. The zero-order valence-corrected chi connectivity index (χ0v) is 12.8. The lowest BCUT2D eigenvalue weighted by molar-refractivity contribution is 0.0475. The number of halogens is 2. The number of thioether (sulfide) groups is 1. The Balaban J connectivity index is 2.01. The van der Waals surface area contributed by atoms with E-state index in [1.54, 1.807) is 19.1 Å². The summed E-state index contributed by atoms with van der Waals surface area (Å²) < 4.78 is 23.6. The van der Waals surface area contributed by atoms with Crippen molar-refractivity contribution < 1.29 is 18.3 Å². The molecule has 0 aliphatic rings. The molecule has 2 rings (SSSR count). The smallest absolute Gasteiger partial charge is 0.396 e. The highest BCUT2D eigenvalue weighted by atomic mass is 79.9. The van der Waals surface area contributed by atoms with E-state index in [-0.39, 0.29) is 23.5 Å². The number of ether oxygens (including phenoxy) is 1. The van der Waals surface area contributed by atoms with Gasteiger partial charge in [0.2, 0.25) is 0 Å². The molecule has 2 aromatic rings. The second kappa shape index (κ2) is 6.85. The van der Waals surface area contributed by atoms with Crippen LogP contribution in [0.5, 0.6) is 0 Å². The van der Waals surface area contributed by atoms with E-state index in [4.69, 9.17) is 9.15 Å². The predicted octanol–water partition coefficient (Wildman–Crippen LogP) is 3.44. The summed E-state index contributed by atoms with van der Waals surface area (Å²) in [6.07, 6.45) is 0. The lowest BCUT2D eigenvalue weighted by Crippen LogP contribution is -2.04. The molecule has 20 heavy (non-hydrogen) atoms. The van der Waals surface area contributed by atoms with E-state index in [1.165, 1.54) is 17.8 Å². The molecule has 0 unspecified atom stereocenters. The van der Waals surface area contributed by atoms with Crippen LogP contribution in [0, 0.1) is 5.82 Å². The van der Waals surface area contributed by atoms with Crippen molar-refractivity contribution in [3.63, 3.8) is 0 Å². The third kappa shape index (κ3) is 3.57. The molecule has 8 heteroatoms. The minimum atomic E-state index is -0.654. The Morgan fingerprint density at radius 2 is 2.30 bits per heavy atom. The molecule has 1 aromatic heterocycles. The molecule has 0 saturated carbocycles. The Labute approximate surface area is 127 Å². The highest BCUT2D eigenvalue weighted by Crippen LogP contribution is 2.27. The van der Waals surface area contributed by atoms with Crippen LogP contribution in [-0.4, -0.2) is 22.8 Å². The van der Waals surface area contributed by atoms with E-state index in [0.717, 1.165) is 5.56 Å². The highest BCUT2D eigenvalue weighted by molar-refractivity contribution is 9.10. The Morgan fingerprint density at radius 3 is 3.05 bits per heavy atom. The molecule has 0 spiro atoms. The normalized spacial score (nSPS) is 10.6. The first-order valence-electron chi connectivity index (χ1n) is 5.68. The first kappa shape index (κ1) is 15.0. The first-order valence-corrected chi connectivity index (χ1v) is 7.46. The lowest BCUT2D eigenvalue weighted by Gasteiger charge is -2.02. The molecule has 0 aliphatic heterocycles. The summed E-state index contributed by atoms with van der Waals surface area (Å²) in [4.78, 5) is 11.3. The number of carbonyl (C=O) groups is 1. The Kier molecular flexibility index (Phi) is 5.13. The van der Waals surface area contributed by atoms with Crippen LogP contribution in [0.2, 0.25) is 0 Å². The van der Waals surface area contributed by atoms with Crippen molar-refractivity contribution in [3.05, 3.63) is 39.9 Å². The van der Waals surface area contributed by atoms with Gasteiger partial charge in [-0.1, -0.05) is 29.0 Å². The van der Waals surface area contributed by atoms with Gasteiger partial charge in [-0.25, -0.2) is 9.18 Å². The SMILES string of the molecule is CCOC(=O)c1nnc(SCc2cccc(F)c2Br)o1. The fraction of sp³-hybridized carbons (Fsp3) is 0.250. The topological polar surface area (TPSA) is 65.2 Å². The van der Waals surface area contributed by atoms with Crippen molar-refractivity contribution >= 4 is 33.7 Å². The minimum Gasteiger partial charge on any atom is -0.459 e. The molecule has 0 amide bonds. The fourth-order valence-electron chi connectivity index (χ4n) is 1.34. The minimum absolute atomic E-state index is 0.187. The molecule has 0 atom stereocenters. The van der Waals surface area contributed by atoms with Crippen LogP contribution in [0.15, 0.2) is 32.3 Å². The summed E-state index contributed by atoms with van der Waals surface area (Å²) in [5.74, 6) is -0.740. The zero-order chi connectivity index (χ0) is 14.5. The number of esters is 1. The van der Waals surface area contributed by atoms with Crippen molar-refractivity contribution in [3.8, 4) is 0 Å². The summed E-state index contributed by atoms with van der Waals surface area (Å²) in [5, 5.41) is 7.54. The van der Waals surface area contributed by atoms with Crippen molar-refractivity contribution in [1.29, 1.82) is 0 Å². The molecular formula is C12H10BrFN2O3S. The van der Waals surface area contributed by atoms with Gasteiger partial charge in [0, 0.05) is 5.75 Å². The van der Waals surface area contributed by atoms with Gasteiger partial charge in [-0.2, -0.15) is 0 Å². The third-order valence-electron chi connectivity index (χ3n) is 2.24. The van der Waals surface area contributed by atoms with Gasteiger partial charge in [-0.05, 0) is 34.5 Å². The second-order valence-corrected chi connectivity index (χ2v) is 5.31. The quantitative estimate of drug-likeness (QED) is 0.601. The number of carbonyl (C=O) groups excluding carboxylic acids is 1. The monoisotopic (exact) mass is 360 g/mol. The molecule has 0 radical (unpaired) electrons. The van der Waals surface area contributed by atoms with Crippen LogP contribution in [0.4, 0.5) is 4.39 Å². The Morgan fingerprint density at radius 1 is 1.50 bits per heavy atom. The molecule has 0 bridgehead atoms. The van der Waals surface area contributed by atoms with Crippen LogP contribution >= 0.6 is 27.7 Å². The van der Waals surface area contributed by atoms with E-state index in [0.29, 0.717) is 10.2 Å². The zero-order valence-electron chi connectivity index (χ0n) is 10.4. The molecule has 1 heterocycles. The van der Waals surface area contributed by atoms with Gasteiger partial charge in [-0.3, -0.25) is 0 Å². The van der Waals surface area contributed by atoms with Crippen LogP contribution in [-0.2, 0) is 10.5 Å². The fourth-order valence-corrected chi connectivity index (χ4v) is 2.69. The molecular weight excluding hydrogens is 351 g/mol. The van der Waals surface area contributed by atoms with E-state index in [1.807, 2.05) is 0 Å².